The second kappa shape index (κ2) is 37.7. The Morgan fingerprint density at radius 2 is 0.820 bits per heavy atom. The van der Waals surface area contributed by atoms with E-state index in [-0.39, 0.29) is 19.8 Å². The van der Waals surface area contributed by atoms with Gasteiger partial charge in [-0.25, -0.2) is 12.7 Å². The molecule has 19 heteroatoms. The van der Waals surface area contributed by atoms with E-state index in [0.717, 1.165) is 0 Å². The first-order valence-corrected chi connectivity index (χ1v) is 17.8. The van der Waals surface area contributed by atoms with Gasteiger partial charge in [-0.2, -0.15) is 0 Å². The van der Waals surface area contributed by atoms with Crippen LogP contribution in [-0.4, -0.2) is 207 Å². The van der Waals surface area contributed by atoms with Gasteiger partial charge in [0.2, 0.25) is 0 Å². The molecule has 1 saturated heterocycles. The van der Waals surface area contributed by atoms with Gasteiger partial charge in [0, 0.05) is 7.11 Å². The monoisotopic (exact) mass is 843 g/mol. The largest absolute Gasteiger partial charge is 0.460 e. The van der Waals surface area contributed by atoms with Crippen molar-refractivity contribution in [3.8, 4) is 0 Å². The maximum Gasteiger partial charge on any atom is 0.419 e. The van der Waals surface area contributed by atoms with Gasteiger partial charge in [0.25, 0.3) is 0 Å². The standard InChI is InChI=1S/C31H58INO17/c1-36-2-3-37-4-5-38-6-7-39-8-9-40-10-11-41-12-13-42-14-15-43-16-17-44-18-19-45-20-21-46-22-23-47-24-25-48-28-30(34)49-27-29-26-33(32)31(35)50-29/h29H,2-28H2,1H3/t29-/m0/s1. The summed E-state index contributed by atoms with van der Waals surface area (Å²) in [6, 6.07) is 0. The fraction of sp³-hybridized carbons (Fsp3) is 0.935. The molecular weight excluding hydrogens is 785 g/mol. The summed E-state index contributed by atoms with van der Waals surface area (Å²) in [7, 11) is 1.64. The highest BCUT2D eigenvalue weighted by atomic mass is 127. The second-order valence-corrected chi connectivity index (χ2v) is 11.2. The topological polar surface area (TPSA) is 176 Å². The number of esters is 1. The van der Waals surface area contributed by atoms with Crippen LogP contribution in [0.3, 0.4) is 0 Å². The van der Waals surface area contributed by atoms with Crippen LogP contribution < -0.4 is 0 Å². The zero-order chi connectivity index (χ0) is 36.0. The molecule has 18 nitrogen and oxygen atoms in total. The molecule has 0 unspecified atom stereocenters. The van der Waals surface area contributed by atoms with Gasteiger partial charge in [0.1, 0.15) is 13.2 Å². The zero-order valence-electron chi connectivity index (χ0n) is 29.4. The van der Waals surface area contributed by atoms with Crippen LogP contribution in [0.1, 0.15) is 0 Å². The number of halogens is 1. The average molecular weight is 844 g/mol. The molecule has 1 atom stereocenters. The molecule has 1 amide bonds. The third-order valence-corrected chi connectivity index (χ3v) is 6.79. The molecule has 0 radical (unpaired) electrons. The third kappa shape index (κ3) is 32.8. The Morgan fingerprint density at radius 3 is 1.08 bits per heavy atom. The molecule has 0 N–H and O–H groups in total. The Labute approximate surface area is 309 Å². The van der Waals surface area contributed by atoms with E-state index in [2.05, 4.69) is 0 Å². The molecule has 50 heavy (non-hydrogen) atoms. The highest BCUT2D eigenvalue weighted by molar-refractivity contribution is 14.1. The van der Waals surface area contributed by atoms with Crippen LogP contribution in [0.5, 0.6) is 0 Å². The van der Waals surface area contributed by atoms with Gasteiger partial charge in [-0.15, -0.1) is 0 Å². The van der Waals surface area contributed by atoms with Crippen molar-refractivity contribution in [2.75, 3.05) is 185 Å². The number of amides is 1. The molecule has 0 aliphatic carbocycles. The molecule has 0 aromatic carbocycles. The Kier molecular flexibility index (Phi) is 35.4. The van der Waals surface area contributed by atoms with Crippen molar-refractivity contribution < 1.29 is 80.6 Å². The van der Waals surface area contributed by atoms with Gasteiger partial charge in [0.05, 0.1) is 188 Å². The van der Waals surface area contributed by atoms with E-state index in [1.54, 1.807) is 7.11 Å². The van der Waals surface area contributed by atoms with Crippen molar-refractivity contribution in [3.05, 3.63) is 0 Å². The van der Waals surface area contributed by atoms with Crippen LogP contribution in [0.25, 0.3) is 0 Å². The van der Waals surface area contributed by atoms with Crippen molar-refractivity contribution in [1.82, 2.24) is 3.11 Å². The SMILES string of the molecule is COCCOCCOCCOCCOCCOCCOCCOCCOCCOCCOCCOCCOCC(=O)OC[C@@H]1CN(I)C(=O)O1. The van der Waals surface area contributed by atoms with Gasteiger partial charge < -0.3 is 71.1 Å². The fourth-order valence-electron chi connectivity index (χ4n) is 3.52. The number of methoxy groups -OCH3 is 1. The minimum atomic E-state index is -0.526. The zero-order valence-corrected chi connectivity index (χ0v) is 31.6. The quantitative estimate of drug-likeness (QED) is 0.0362. The second-order valence-electron chi connectivity index (χ2n) is 10.0. The summed E-state index contributed by atoms with van der Waals surface area (Å²) < 4.78 is 81.2. The van der Waals surface area contributed by atoms with E-state index in [4.69, 9.17) is 71.1 Å². The van der Waals surface area contributed by atoms with Crippen LogP contribution in [-0.2, 0) is 75.8 Å². The van der Waals surface area contributed by atoms with Gasteiger partial charge in [-0.3, -0.25) is 0 Å². The van der Waals surface area contributed by atoms with E-state index in [9.17, 15) is 9.59 Å². The van der Waals surface area contributed by atoms with Gasteiger partial charge in [-0.05, 0) is 0 Å². The number of cyclic esters (lactones) is 1. The molecule has 1 rings (SSSR count). The molecule has 1 aliphatic rings. The van der Waals surface area contributed by atoms with Gasteiger partial charge in [-0.1, -0.05) is 0 Å². The summed E-state index contributed by atoms with van der Waals surface area (Å²) >= 11 is 1.84. The van der Waals surface area contributed by atoms with Gasteiger partial charge in [0.15, 0.2) is 6.10 Å². The first-order valence-electron chi connectivity index (χ1n) is 16.8. The van der Waals surface area contributed by atoms with Crippen molar-refractivity contribution >= 4 is 34.9 Å². The summed E-state index contributed by atoms with van der Waals surface area (Å²) in [6.45, 7) is 11.6. The molecule has 0 spiro atoms. The summed E-state index contributed by atoms with van der Waals surface area (Å²) in [5, 5.41) is 0. The van der Waals surface area contributed by atoms with Crippen molar-refractivity contribution in [2.45, 2.75) is 6.10 Å². The number of nitrogens with zero attached hydrogens (tertiary/aromatic N) is 1. The number of carbonyl (C=O) groups excluding carboxylic acids is 2. The highest BCUT2D eigenvalue weighted by Crippen LogP contribution is 2.15. The number of hydrogen-bond donors (Lipinski definition) is 0. The minimum absolute atomic E-state index is 0.00524. The third-order valence-electron chi connectivity index (χ3n) is 6.00. The maximum atomic E-state index is 11.6. The Bertz CT molecular complexity index is 760. The molecule has 0 bridgehead atoms. The van der Waals surface area contributed by atoms with Crippen molar-refractivity contribution in [1.29, 1.82) is 0 Å². The first-order chi connectivity index (χ1) is 24.6. The van der Waals surface area contributed by atoms with Gasteiger partial charge >= 0.3 is 12.1 Å². The van der Waals surface area contributed by atoms with E-state index in [0.29, 0.717) is 159 Å². The molecule has 1 aliphatic heterocycles. The summed E-state index contributed by atoms with van der Waals surface area (Å²) in [6.07, 6.45) is -0.895. The highest BCUT2D eigenvalue weighted by Gasteiger charge is 2.30. The Hall–Kier alpha value is -1.05. The lowest BCUT2D eigenvalue weighted by molar-refractivity contribution is -0.151. The van der Waals surface area contributed by atoms with E-state index >= 15 is 0 Å². The van der Waals surface area contributed by atoms with E-state index in [1.165, 1.54) is 3.11 Å². The molecule has 0 saturated carbocycles. The van der Waals surface area contributed by atoms with E-state index in [1.807, 2.05) is 22.9 Å². The van der Waals surface area contributed by atoms with Crippen LogP contribution in [0.2, 0.25) is 0 Å². The normalized spacial score (nSPS) is 14.5. The molecule has 0 aromatic rings. The molecule has 296 valence electrons. The molecular formula is C31H58INO17. The number of ether oxygens (including phenoxy) is 15. The van der Waals surface area contributed by atoms with Crippen molar-refractivity contribution in [2.24, 2.45) is 0 Å². The maximum absolute atomic E-state index is 11.6. The first kappa shape index (κ1) is 47.0. The lowest BCUT2D eigenvalue weighted by atomic mass is 10.4. The number of hydrogen-bond acceptors (Lipinski definition) is 17. The van der Waals surface area contributed by atoms with Crippen molar-refractivity contribution in [3.63, 3.8) is 0 Å². The van der Waals surface area contributed by atoms with Crippen LogP contribution in [0, 0.1) is 0 Å². The van der Waals surface area contributed by atoms with Crippen LogP contribution >= 0.6 is 22.9 Å². The summed E-state index contributed by atoms with van der Waals surface area (Å²) in [5.41, 5.74) is 0. The summed E-state index contributed by atoms with van der Waals surface area (Å²) in [4.78, 5) is 22.9. The Balaban J connectivity index is 1.63. The average Bonchev–Trinajstić information content (AvgIpc) is 3.44. The minimum Gasteiger partial charge on any atom is -0.460 e. The molecule has 0 aromatic heterocycles. The number of rotatable bonds is 40. The number of carbonyl (C=O) groups is 2. The predicted molar refractivity (Wildman–Crippen MR) is 184 cm³/mol. The fourth-order valence-corrected chi connectivity index (χ4v) is 4.07. The van der Waals surface area contributed by atoms with Crippen LogP contribution in [0.4, 0.5) is 4.79 Å². The Morgan fingerprint density at radius 1 is 0.540 bits per heavy atom. The summed E-state index contributed by atoms with van der Waals surface area (Å²) in [5.74, 6) is -0.526. The smallest absolute Gasteiger partial charge is 0.419 e. The van der Waals surface area contributed by atoms with Crippen LogP contribution in [0.15, 0.2) is 0 Å². The molecule has 1 fully saturated rings. The lowest BCUT2D eigenvalue weighted by Crippen LogP contribution is -2.24. The predicted octanol–water partition coefficient (Wildman–Crippen LogP) is 0.546. The lowest BCUT2D eigenvalue weighted by Gasteiger charge is -2.10. The molecule has 1 heterocycles. The van der Waals surface area contributed by atoms with E-state index < -0.39 is 18.2 Å².